The van der Waals surface area contributed by atoms with Crippen molar-refractivity contribution in [3.8, 4) is 0 Å². The fraction of sp³-hybridized carbons (Fsp3) is 0.400. The Labute approximate surface area is 83.2 Å². The van der Waals surface area contributed by atoms with E-state index in [0.717, 1.165) is 0 Å². The Morgan fingerprint density at radius 1 is 1.46 bits per heavy atom. The fourth-order valence-electron chi connectivity index (χ4n) is 0.807. The van der Waals surface area contributed by atoms with Gasteiger partial charge in [0.15, 0.2) is 0 Å². The highest BCUT2D eigenvalue weighted by molar-refractivity contribution is 6.20. The molecule has 0 aromatic heterocycles. The van der Waals surface area contributed by atoms with Crippen molar-refractivity contribution in [2.75, 3.05) is 6.61 Å². The number of rotatable bonds is 2. The first kappa shape index (κ1) is 12.4. The number of hydrogen-bond acceptors (Lipinski definition) is 1. The molecular formula is C10H14ClFO. The summed E-state index contributed by atoms with van der Waals surface area (Å²) in [5.74, 6) is -0.332. The van der Waals surface area contributed by atoms with Gasteiger partial charge in [0.1, 0.15) is 5.82 Å². The molecule has 0 aliphatic rings. The van der Waals surface area contributed by atoms with Gasteiger partial charge in [-0.1, -0.05) is 26.0 Å². The van der Waals surface area contributed by atoms with E-state index in [9.17, 15) is 4.39 Å². The number of aliphatic hydroxyl groups is 1. The second kappa shape index (κ2) is 6.87. The molecule has 0 amide bonds. The average molecular weight is 205 g/mol. The largest absolute Gasteiger partial charge is 0.394 e. The van der Waals surface area contributed by atoms with Gasteiger partial charge in [-0.05, 0) is 17.7 Å². The van der Waals surface area contributed by atoms with Crippen LogP contribution in [0, 0.1) is 5.82 Å². The van der Waals surface area contributed by atoms with Crippen LogP contribution < -0.4 is 0 Å². The second-order valence-corrected chi connectivity index (χ2v) is 2.73. The first-order chi connectivity index (χ1) is 6.24. The fourth-order valence-corrected chi connectivity index (χ4v) is 0.943. The van der Waals surface area contributed by atoms with Crippen LogP contribution in [0.5, 0.6) is 0 Å². The van der Waals surface area contributed by atoms with Gasteiger partial charge in [-0.25, -0.2) is 4.39 Å². The van der Waals surface area contributed by atoms with Gasteiger partial charge in [0.05, 0.1) is 12.0 Å². The number of hydrogen-bond donors (Lipinski definition) is 1. The molecule has 0 fully saturated rings. The SMILES string of the molecule is CC.OCC(Cl)c1cccc(F)c1. The lowest BCUT2D eigenvalue weighted by Gasteiger charge is -2.04. The lowest BCUT2D eigenvalue weighted by atomic mass is 10.1. The van der Waals surface area contributed by atoms with Crippen molar-refractivity contribution in [2.24, 2.45) is 0 Å². The van der Waals surface area contributed by atoms with Crippen molar-refractivity contribution in [2.45, 2.75) is 19.2 Å². The third-order valence-electron chi connectivity index (χ3n) is 1.37. The summed E-state index contributed by atoms with van der Waals surface area (Å²) in [6.45, 7) is 3.82. The third-order valence-corrected chi connectivity index (χ3v) is 1.76. The van der Waals surface area contributed by atoms with Gasteiger partial charge in [0.25, 0.3) is 0 Å². The first-order valence-electron chi connectivity index (χ1n) is 4.24. The number of halogens is 2. The molecule has 1 atom stereocenters. The Hall–Kier alpha value is -0.600. The van der Waals surface area contributed by atoms with Gasteiger partial charge >= 0.3 is 0 Å². The van der Waals surface area contributed by atoms with Crippen LogP contribution in [0.2, 0.25) is 0 Å². The van der Waals surface area contributed by atoms with Crippen molar-refractivity contribution in [1.29, 1.82) is 0 Å². The summed E-state index contributed by atoms with van der Waals surface area (Å²) in [6, 6.07) is 5.89. The highest BCUT2D eigenvalue weighted by atomic mass is 35.5. The normalized spacial score (nSPS) is 11.5. The molecule has 1 aromatic rings. The molecule has 1 nitrogen and oxygen atoms in total. The van der Waals surface area contributed by atoms with Crippen molar-refractivity contribution in [1.82, 2.24) is 0 Å². The van der Waals surface area contributed by atoms with Crippen molar-refractivity contribution >= 4 is 11.6 Å². The van der Waals surface area contributed by atoms with E-state index in [-0.39, 0.29) is 12.4 Å². The van der Waals surface area contributed by atoms with Crippen molar-refractivity contribution in [3.05, 3.63) is 35.6 Å². The van der Waals surface area contributed by atoms with Gasteiger partial charge in [-0.3, -0.25) is 0 Å². The van der Waals surface area contributed by atoms with Gasteiger partial charge in [-0.2, -0.15) is 0 Å². The van der Waals surface area contributed by atoms with Gasteiger partial charge in [0, 0.05) is 0 Å². The van der Waals surface area contributed by atoms with Crippen LogP contribution in [0.1, 0.15) is 24.8 Å². The highest BCUT2D eigenvalue weighted by Crippen LogP contribution is 2.19. The molecular weight excluding hydrogens is 191 g/mol. The molecule has 0 saturated carbocycles. The van der Waals surface area contributed by atoms with Crippen molar-refractivity contribution < 1.29 is 9.50 Å². The summed E-state index contributed by atoms with van der Waals surface area (Å²) in [5.41, 5.74) is 0.606. The van der Waals surface area contributed by atoms with E-state index in [0.29, 0.717) is 5.56 Å². The molecule has 0 heterocycles. The summed E-state index contributed by atoms with van der Waals surface area (Å²) >= 11 is 5.65. The Bertz CT molecular complexity index is 240. The topological polar surface area (TPSA) is 20.2 Å². The summed E-state index contributed by atoms with van der Waals surface area (Å²) in [7, 11) is 0. The van der Waals surface area contributed by atoms with Crippen LogP contribution in [-0.2, 0) is 0 Å². The molecule has 0 radical (unpaired) electrons. The summed E-state index contributed by atoms with van der Waals surface area (Å²) < 4.78 is 12.5. The predicted molar refractivity (Wildman–Crippen MR) is 53.4 cm³/mol. The predicted octanol–water partition coefficient (Wildman–Crippen LogP) is 3.12. The van der Waals surface area contributed by atoms with E-state index in [1.165, 1.54) is 12.1 Å². The van der Waals surface area contributed by atoms with E-state index in [2.05, 4.69) is 0 Å². The Morgan fingerprint density at radius 2 is 2.08 bits per heavy atom. The zero-order valence-electron chi connectivity index (χ0n) is 7.80. The quantitative estimate of drug-likeness (QED) is 0.734. The van der Waals surface area contributed by atoms with E-state index >= 15 is 0 Å². The monoisotopic (exact) mass is 204 g/mol. The number of benzene rings is 1. The lowest BCUT2D eigenvalue weighted by molar-refractivity contribution is 0.294. The molecule has 3 heteroatoms. The molecule has 1 unspecified atom stereocenters. The van der Waals surface area contributed by atoms with Gasteiger partial charge in [-0.15, -0.1) is 11.6 Å². The van der Waals surface area contributed by atoms with Crippen molar-refractivity contribution in [3.63, 3.8) is 0 Å². The van der Waals surface area contributed by atoms with Gasteiger partial charge < -0.3 is 5.11 Å². The summed E-state index contributed by atoms with van der Waals surface area (Å²) in [4.78, 5) is 0. The lowest BCUT2D eigenvalue weighted by Crippen LogP contribution is -1.95. The van der Waals surface area contributed by atoms with Crippen LogP contribution in [0.3, 0.4) is 0 Å². The third kappa shape index (κ3) is 4.25. The summed E-state index contributed by atoms with van der Waals surface area (Å²) in [5, 5.41) is 8.12. The second-order valence-electron chi connectivity index (χ2n) is 2.21. The van der Waals surface area contributed by atoms with E-state index in [1.807, 2.05) is 13.8 Å². The summed E-state index contributed by atoms with van der Waals surface area (Å²) in [6.07, 6.45) is 0. The highest BCUT2D eigenvalue weighted by Gasteiger charge is 2.05. The Morgan fingerprint density at radius 3 is 2.54 bits per heavy atom. The zero-order valence-corrected chi connectivity index (χ0v) is 8.55. The number of alkyl halides is 1. The van der Waals surface area contributed by atoms with E-state index < -0.39 is 5.38 Å². The minimum atomic E-state index is -0.509. The molecule has 0 bridgehead atoms. The van der Waals surface area contributed by atoms with Gasteiger partial charge in [0.2, 0.25) is 0 Å². The standard InChI is InChI=1S/C8H8ClFO.C2H6/c9-8(5-11)6-2-1-3-7(10)4-6;1-2/h1-4,8,11H,5H2;1-2H3. The van der Waals surface area contributed by atoms with E-state index in [4.69, 9.17) is 16.7 Å². The number of aliphatic hydroxyl groups excluding tert-OH is 1. The van der Waals surface area contributed by atoms with Crippen LogP contribution in [-0.4, -0.2) is 11.7 Å². The maximum Gasteiger partial charge on any atom is 0.123 e. The molecule has 0 saturated heterocycles. The van der Waals surface area contributed by atoms with Crippen LogP contribution in [0.4, 0.5) is 4.39 Å². The molecule has 1 N–H and O–H groups in total. The molecule has 1 aromatic carbocycles. The zero-order chi connectivity index (χ0) is 10.3. The molecule has 74 valence electrons. The van der Waals surface area contributed by atoms with Crippen LogP contribution in [0.15, 0.2) is 24.3 Å². The Kier molecular flexibility index (Phi) is 6.55. The molecule has 13 heavy (non-hydrogen) atoms. The average Bonchev–Trinajstić information content (AvgIpc) is 2.20. The molecule has 1 rings (SSSR count). The van der Waals surface area contributed by atoms with Crippen LogP contribution >= 0.6 is 11.6 Å². The maximum absolute atomic E-state index is 12.5. The maximum atomic E-state index is 12.5. The van der Waals surface area contributed by atoms with E-state index in [1.54, 1.807) is 12.1 Å². The molecule has 0 spiro atoms. The minimum absolute atomic E-state index is 0.176. The minimum Gasteiger partial charge on any atom is -0.394 e. The molecule has 0 aliphatic carbocycles. The smallest absolute Gasteiger partial charge is 0.123 e. The first-order valence-corrected chi connectivity index (χ1v) is 4.68. The molecule has 0 aliphatic heterocycles. The van der Waals surface area contributed by atoms with Crippen LogP contribution in [0.25, 0.3) is 0 Å². The Balaban J connectivity index is 0.000000671.